The highest BCUT2D eigenvalue weighted by atomic mass is 16.1. The zero-order valence-corrected chi connectivity index (χ0v) is 11.9. The summed E-state index contributed by atoms with van der Waals surface area (Å²) < 4.78 is 0. The van der Waals surface area contributed by atoms with Crippen LogP contribution in [0.1, 0.15) is 25.7 Å². The molecule has 1 aliphatic rings. The first kappa shape index (κ1) is 14.0. The summed E-state index contributed by atoms with van der Waals surface area (Å²) in [6.45, 7) is 1.96. The van der Waals surface area contributed by atoms with Gasteiger partial charge in [-0.05, 0) is 39.1 Å². The normalized spacial score (nSPS) is 16.9. The quantitative estimate of drug-likeness (QED) is 0.812. The lowest BCUT2D eigenvalue weighted by Gasteiger charge is -2.35. The van der Waals surface area contributed by atoms with Crippen LogP contribution in [0.5, 0.6) is 0 Å². The van der Waals surface area contributed by atoms with Gasteiger partial charge in [0.25, 0.3) is 0 Å². The molecule has 1 fully saturated rings. The summed E-state index contributed by atoms with van der Waals surface area (Å²) in [6.07, 6.45) is 5.20. The minimum Gasteiger partial charge on any atom is -0.352 e. The molecule has 0 aliphatic heterocycles. The van der Waals surface area contributed by atoms with Gasteiger partial charge in [0.05, 0.1) is 0 Å². The summed E-state index contributed by atoms with van der Waals surface area (Å²) in [5.74, 6) is 1.44. The van der Waals surface area contributed by atoms with E-state index in [0.717, 1.165) is 44.6 Å². The predicted octanol–water partition coefficient (Wildman–Crippen LogP) is 1.96. The van der Waals surface area contributed by atoms with Crippen molar-refractivity contribution in [3.63, 3.8) is 0 Å². The maximum atomic E-state index is 11.4. The molecule has 4 heteroatoms. The summed E-state index contributed by atoms with van der Waals surface area (Å²) in [5, 5.41) is 0. The average Bonchev–Trinajstić information content (AvgIpc) is 2.42. The molecule has 0 amide bonds. The summed E-state index contributed by atoms with van der Waals surface area (Å²) in [7, 11) is 4.17. The topological polar surface area (TPSA) is 36.4 Å². The summed E-state index contributed by atoms with van der Waals surface area (Å²) in [4.78, 5) is 20.4. The standard InChI is InChI=1S/C15H23N3O/c1-17(2)11-12-18(15-5-3-4-10-16-15)13-6-8-14(19)9-7-13/h3-5,10,13H,6-9,11-12H2,1-2H3. The molecule has 2 rings (SSSR count). The predicted molar refractivity (Wildman–Crippen MR) is 77.4 cm³/mol. The zero-order chi connectivity index (χ0) is 13.7. The van der Waals surface area contributed by atoms with E-state index in [0.29, 0.717) is 11.8 Å². The monoisotopic (exact) mass is 261 g/mol. The van der Waals surface area contributed by atoms with E-state index in [9.17, 15) is 4.79 Å². The lowest BCUT2D eigenvalue weighted by atomic mass is 9.93. The lowest BCUT2D eigenvalue weighted by Crippen LogP contribution is -2.42. The van der Waals surface area contributed by atoms with E-state index in [1.807, 2.05) is 18.3 Å². The van der Waals surface area contributed by atoms with Gasteiger partial charge in [0, 0.05) is 38.2 Å². The number of rotatable bonds is 5. The van der Waals surface area contributed by atoms with E-state index < -0.39 is 0 Å². The first-order valence-corrected chi connectivity index (χ1v) is 7.01. The van der Waals surface area contributed by atoms with Gasteiger partial charge >= 0.3 is 0 Å². The lowest BCUT2D eigenvalue weighted by molar-refractivity contribution is -0.120. The van der Waals surface area contributed by atoms with Crippen LogP contribution in [-0.2, 0) is 4.79 Å². The molecule has 1 heterocycles. The van der Waals surface area contributed by atoms with E-state index in [2.05, 4.69) is 34.9 Å². The molecule has 0 atom stereocenters. The van der Waals surface area contributed by atoms with Crippen LogP contribution < -0.4 is 4.90 Å². The summed E-state index contributed by atoms with van der Waals surface area (Å²) in [6, 6.07) is 6.48. The number of likely N-dealkylation sites (N-methyl/N-ethyl adjacent to an activating group) is 1. The molecule has 19 heavy (non-hydrogen) atoms. The van der Waals surface area contributed by atoms with E-state index >= 15 is 0 Å². The van der Waals surface area contributed by atoms with Crippen molar-refractivity contribution >= 4 is 11.6 Å². The second-order valence-electron chi connectivity index (χ2n) is 5.45. The molecular formula is C15H23N3O. The van der Waals surface area contributed by atoms with Gasteiger partial charge in [-0.15, -0.1) is 0 Å². The minimum atomic E-state index is 0.407. The van der Waals surface area contributed by atoms with Gasteiger partial charge in [-0.3, -0.25) is 4.79 Å². The van der Waals surface area contributed by atoms with Crippen LogP contribution >= 0.6 is 0 Å². The van der Waals surface area contributed by atoms with Crippen molar-refractivity contribution in [3.05, 3.63) is 24.4 Å². The Morgan fingerprint density at radius 2 is 1.95 bits per heavy atom. The van der Waals surface area contributed by atoms with E-state index in [-0.39, 0.29) is 0 Å². The maximum absolute atomic E-state index is 11.4. The van der Waals surface area contributed by atoms with Gasteiger partial charge in [0.15, 0.2) is 0 Å². The molecule has 0 radical (unpaired) electrons. The van der Waals surface area contributed by atoms with Crippen molar-refractivity contribution in [3.8, 4) is 0 Å². The van der Waals surface area contributed by atoms with Crippen molar-refractivity contribution in [2.24, 2.45) is 0 Å². The van der Waals surface area contributed by atoms with Crippen LogP contribution in [-0.4, -0.2) is 48.9 Å². The number of anilines is 1. The Balaban J connectivity index is 2.07. The summed E-state index contributed by atoms with van der Waals surface area (Å²) >= 11 is 0. The molecule has 0 N–H and O–H groups in total. The number of ketones is 1. The number of pyridine rings is 1. The first-order valence-electron chi connectivity index (χ1n) is 7.01. The minimum absolute atomic E-state index is 0.407. The molecule has 0 unspecified atom stereocenters. The zero-order valence-electron chi connectivity index (χ0n) is 11.9. The molecular weight excluding hydrogens is 238 g/mol. The number of aromatic nitrogens is 1. The number of hydrogen-bond acceptors (Lipinski definition) is 4. The van der Waals surface area contributed by atoms with Crippen molar-refractivity contribution in [2.75, 3.05) is 32.1 Å². The summed E-state index contributed by atoms with van der Waals surface area (Å²) in [5.41, 5.74) is 0. The third-order valence-electron chi connectivity index (χ3n) is 3.69. The smallest absolute Gasteiger partial charge is 0.133 e. The SMILES string of the molecule is CN(C)CCN(c1ccccn1)C1CCC(=O)CC1. The van der Waals surface area contributed by atoms with Gasteiger partial charge < -0.3 is 9.80 Å². The van der Waals surface area contributed by atoms with Gasteiger partial charge in [-0.1, -0.05) is 6.07 Å². The Bertz CT molecular complexity index is 395. The van der Waals surface area contributed by atoms with Gasteiger partial charge in [-0.2, -0.15) is 0 Å². The third kappa shape index (κ3) is 4.03. The number of Topliss-reactive ketones (excluding diaryl/α,β-unsaturated/α-hetero) is 1. The van der Waals surface area contributed by atoms with Crippen LogP contribution in [0.3, 0.4) is 0 Å². The molecule has 4 nitrogen and oxygen atoms in total. The van der Waals surface area contributed by atoms with Crippen LogP contribution in [0.15, 0.2) is 24.4 Å². The van der Waals surface area contributed by atoms with Gasteiger partial charge in [0.1, 0.15) is 11.6 Å². The van der Waals surface area contributed by atoms with Crippen LogP contribution in [0.4, 0.5) is 5.82 Å². The molecule has 0 spiro atoms. The van der Waals surface area contributed by atoms with Gasteiger partial charge in [-0.25, -0.2) is 4.98 Å². The Labute approximate surface area is 115 Å². The second kappa shape index (κ2) is 6.66. The Morgan fingerprint density at radius 3 is 2.53 bits per heavy atom. The number of carbonyl (C=O) groups excluding carboxylic acids is 1. The van der Waals surface area contributed by atoms with Crippen LogP contribution in [0.2, 0.25) is 0 Å². The first-order chi connectivity index (χ1) is 9.16. The maximum Gasteiger partial charge on any atom is 0.133 e. The number of nitrogens with zero attached hydrogens (tertiary/aromatic N) is 3. The molecule has 1 aromatic rings. The molecule has 1 aliphatic carbocycles. The van der Waals surface area contributed by atoms with Crippen molar-refractivity contribution < 1.29 is 4.79 Å². The average molecular weight is 261 g/mol. The second-order valence-corrected chi connectivity index (χ2v) is 5.45. The highest BCUT2D eigenvalue weighted by Crippen LogP contribution is 2.24. The fourth-order valence-corrected chi connectivity index (χ4v) is 2.55. The largest absolute Gasteiger partial charge is 0.352 e. The van der Waals surface area contributed by atoms with E-state index in [4.69, 9.17) is 0 Å². The fourth-order valence-electron chi connectivity index (χ4n) is 2.55. The fraction of sp³-hybridized carbons (Fsp3) is 0.600. The molecule has 0 saturated heterocycles. The third-order valence-corrected chi connectivity index (χ3v) is 3.69. The van der Waals surface area contributed by atoms with Gasteiger partial charge in [0.2, 0.25) is 0 Å². The highest BCUT2D eigenvalue weighted by Gasteiger charge is 2.25. The van der Waals surface area contributed by atoms with Crippen molar-refractivity contribution in [1.82, 2.24) is 9.88 Å². The molecule has 104 valence electrons. The molecule has 0 bridgehead atoms. The van der Waals surface area contributed by atoms with Crippen LogP contribution in [0.25, 0.3) is 0 Å². The Hall–Kier alpha value is -1.42. The Morgan fingerprint density at radius 1 is 1.21 bits per heavy atom. The number of carbonyl (C=O) groups is 1. The van der Waals surface area contributed by atoms with E-state index in [1.54, 1.807) is 0 Å². The number of hydrogen-bond donors (Lipinski definition) is 0. The van der Waals surface area contributed by atoms with Crippen molar-refractivity contribution in [1.29, 1.82) is 0 Å². The van der Waals surface area contributed by atoms with Crippen molar-refractivity contribution in [2.45, 2.75) is 31.7 Å². The van der Waals surface area contributed by atoms with E-state index in [1.165, 1.54) is 0 Å². The molecule has 1 saturated carbocycles. The highest BCUT2D eigenvalue weighted by molar-refractivity contribution is 5.79. The van der Waals surface area contributed by atoms with Crippen LogP contribution in [0, 0.1) is 0 Å². The molecule has 1 aromatic heterocycles. The Kier molecular flexibility index (Phi) is 4.91. The molecule has 0 aromatic carbocycles.